The first-order valence-corrected chi connectivity index (χ1v) is 36.0. The molecular formula is C91H100O5. The Morgan fingerprint density at radius 2 is 0.573 bits per heavy atom. The second-order valence-electron chi connectivity index (χ2n) is 26.0. The first kappa shape index (κ1) is 69.6. The van der Waals surface area contributed by atoms with Gasteiger partial charge in [-0.15, -0.1) is 0 Å². The third-order valence-corrected chi connectivity index (χ3v) is 18.5. The summed E-state index contributed by atoms with van der Waals surface area (Å²) in [6.07, 6.45) is 24.5. The Labute approximate surface area is 574 Å². The van der Waals surface area contributed by atoms with Gasteiger partial charge in [-0.3, -0.25) is 0 Å². The molecule has 0 saturated heterocycles. The van der Waals surface area contributed by atoms with Gasteiger partial charge in [0.1, 0.15) is 30.0 Å². The van der Waals surface area contributed by atoms with Gasteiger partial charge in [0, 0.05) is 28.7 Å². The monoisotopic (exact) mass is 1270 g/mol. The number of unbranched alkanes of at least 4 members (excludes halogenated alkanes) is 18. The molecule has 0 radical (unpaired) electrons. The van der Waals surface area contributed by atoms with Crippen LogP contribution in [0.4, 0.5) is 0 Å². The van der Waals surface area contributed by atoms with Crippen LogP contribution in [0.1, 0.15) is 155 Å². The van der Waals surface area contributed by atoms with Gasteiger partial charge < -0.3 is 18.9 Å². The lowest BCUT2D eigenvalue weighted by atomic mass is 9.90. The third kappa shape index (κ3) is 20.7. The predicted molar refractivity (Wildman–Crippen MR) is 405 cm³/mol. The van der Waals surface area contributed by atoms with Crippen LogP contribution in [0.15, 0.2) is 255 Å². The van der Waals surface area contributed by atoms with Crippen molar-refractivity contribution in [2.24, 2.45) is 0 Å². The summed E-state index contributed by atoms with van der Waals surface area (Å²) in [6, 6.07) is 85.9. The molecule has 10 rings (SSSR count). The number of hydrogen-bond acceptors (Lipinski definition) is 5. The summed E-state index contributed by atoms with van der Waals surface area (Å²) < 4.78 is 27.8. The molecule has 0 aliphatic rings. The van der Waals surface area contributed by atoms with Crippen LogP contribution in [0.5, 0.6) is 17.2 Å². The number of hydrogen-bond donors (Lipinski definition) is 0. The zero-order valence-corrected chi connectivity index (χ0v) is 57.4. The number of carbonyl (C=O) groups excluding carboxylic acids is 1. The SMILES string of the molecule is C=C(C)C(=O)OC(COc1cc(-c2ccc(-c3ccccc3)cc2)c(OCCCCCCCCCCCC)cc1-c1ccc(-c2ccccc2)cc1)Cc1cc(-c2ccc(-c3ccccc3)cc2)c(OCCCCCCCCCCCC)cc1-c1ccc(-c2ccccc2)cc1. The fourth-order valence-corrected chi connectivity index (χ4v) is 12.9. The number of rotatable bonds is 39. The molecule has 0 bridgehead atoms. The zero-order valence-electron chi connectivity index (χ0n) is 57.4. The molecule has 96 heavy (non-hydrogen) atoms. The highest BCUT2D eigenvalue weighted by Gasteiger charge is 2.25. The van der Waals surface area contributed by atoms with Crippen molar-refractivity contribution in [3.05, 3.63) is 260 Å². The molecule has 1 unspecified atom stereocenters. The van der Waals surface area contributed by atoms with E-state index in [4.69, 9.17) is 18.9 Å². The number of esters is 1. The quantitative estimate of drug-likeness (QED) is 0.0218. The summed E-state index contributed by atoms with van der Waals surface area (Å²) in [5.74, 6) is 1.79. The Hall–Kier alpha value is -9.19. The summed E-state index contributed by atoms with van der Waals surface area (Å²) in [7, 11) is 0. The molecule has 0 N–H and O–H groups in total. The lowest BCUT2D eigenvalue weighted by Gasteiger charge is -2.24. The molecule has 0 heterocycles. The second kappa shape index (κ2) is 37.8. The first-order chi connectivity index (χ1) is 47.3. The van der Waals surface area contributed by atoms with Gasteiger partial charge in [0.2, 0.25) is 0 Å². The van der Waals surface area contributed by atoms with Crippen molar-refractivity contribution in [1.82, 2.24) is 0 Å². The van der Waals surface area contributed by atoms with Crippen molar-refractivity contribution >= 4 is 5.97 Å². The highest BCUT2D eigenvalue weighted by atomic mass is 16.6. The molecular weight excluding hydrogens is 1170 g/mol. The summed E-state index contributed by atoms with van der Waals surface area (Å²) >= 11 is 0. The Kier molecular flexibility index (Phi) is 27.4. The maximum absolute atomic E-state index is 14.1. The van der Waals surface area contributed by atoms with Gasteiger partial charge in [-0.1, -0.05) is 354 Å². The molecule has 0 amide bonds. The molecule has 0 spiro atoms. The number of benzene rings is 10. The van der Waals surface area contributed by atoms with Crippen molar-refractivity contribution in [3.63, 3.8) is 0 Å². The summed E-state index contributed by atoms with van der Waals surface area (Å²) in [4.78, 5) is 14.1. The largest absolute Gasteiger partial charge is 0.493 e. The van der Waals surface area contributed by atoms with Crippen LogP contribution in [-0.2, 0) is 16.0 Å². The average molecular weight is 1270 g/mol. The average Bonchev–Trinajstić information content (AvgIpc) is 0.800. The van der Waals surface area contributed by atoms with Crippen molar-refractivity contribution in [3.8, 4) is 106 Å². The van der Waals surface area contributed by atoms with Gasteiger partial charge in [0.05, 0.1) is 13.2 Å². The van der Waals surface area contributed by atoms with Gasteiger partial charge >= 0.3 is 5.97 Å². The van der Waals surface area contributed by atoms with E-state index >= 15 is 0 Å². The zero-order chi connectivity index (χ0) is 66.4. The van der Waals surface area contributed by atoms with Crippen LogP contribution in [0.25, 0.3) is 89.0 Å². The number of ether oxygens (including phenoxy) is 4. The van der Waals surface area contributed by atoms with Crippen molar-refractivity contribution in [2.45, 2.75) is 162 Å². The molecule has 5 nitrogen and oxygen atoms in total. The van der Waals surface area contributed by atoms with Crippen LogP contribution < -0.4 is 14.2 Å². The highest BCUT2D eigenvalue weighted by molar-refractivity contribution is 5.88. The Morgan fingerprint density at radius 1 is 0.312 bits per heavy atom. The van der Waals surface area contributed by atoms with Gasteiger partial charge in [0.25, 0.3) is 0 Å². The van der Waals surface area contributed by atoms with Crippen LogP contribution >= 0.6 is 0 Å². The highest BCUT2D eigenvalue weighted by Crippen LogP contribution is 2.44. The van der Waals surface area contributed by atoms with Crippen LogP contribution in [0.2, 0.25) is 0 Å². The predicted octanol–water partition coefficient (Wildman–Crippen LogP) is 25.7. The maximum Gasteiger partial charge on any atom is 0.333 e. The van der Waals surface area contributed by atoms with Gasteiger partial charge in [-0.05, 0) is 122 Å². The maximum atomic E-state index is 14.1. The van der Waals surface area contributed by atoms with Gasteiger partial charge in [-0.2, -0.15) is 0 Å². The summed E-state index contributed by atoms with van der Waals surface area (Å²) in [5, 5.41) is 0. The smallest absolute Gasteiger partial charge is 0.333 e. The van der Waals surface area contributed by atoms with E-state index in [-0.39, 0.29) is 6.61 Å². The van der Waals surface area contributed by atoms with E-state index in [1.54, 1.807) is 6.92 Å². The molecule has 0 aliphatic heterocycles. The molecule has 1 atom stereocenters. The van der Waals surface area contributed by atoms with E-state index in [1.165, 1.54) is 103 Å². The van der Waals surface area contributed by atoms with Crippen LogP contribution in [-0.4, -0.2) is 31.9 Å². The second-order valence-corrected chi connectivity index (χ2v) is 26.0. The molecule has 0 aromatic heterocycles. The lowest BCUT2D eigenvalue weighted by molar-refractivity contribution is -0.145. The van der Waals surface area contributed by atoms with Crippen molar-refractivity contribution in [1.29, 1.82) is 0 Å². The van der Waals surface area contributed by atoms with Gasteiger partial charge in [0.15, 0.2) is 0 Å². The fourth-order valence-electron chi connectivity index (χ4n) is 12.9. The van der Waals surface area contributed by atoms with E-state index in [1.807, 2.05) is 6.07 Å². The number of carbonyl (C=O) groups is 1. The lowest BCUT2D eigenvalue weighted by Crippen LogP contribution is -2.28. The molecule has 0 fully saturated rings. The third-order valence-electron chi connectivity index (χ3n) is 18.5. The van der Waals surface area contributed by atoms with Crippen molar-refractivity contribution < 1.29 is 23.7 Å². The molecule has 10 aromatic carbocycles. The molecule has 5 heteroatoms. The molecule has 0 aliphatic carbocycles. The van der Waals surface area contributed by atoms with E-state index in [0.717, 1.165) is 132 Å². The summed E-state index contributed by atoms with van der Waals surface area (Å²) in [5.41, 5.74) is 18.3. The van der Waals surface area contributed by atoms with E-state index in [0.29, 0.717) is 31.0 Å². The molecule has 494 valence electrons. The Morgan fingerprint density at radius 3 is 0.896 bits per heavy atom. The minimum absolute atomic E-state index is 0.0454. The molecule has 0 saturated carbocycles. The Balaban J connectivity index is 1.02. The van der Waals surface area contributed by atoms with E-state index in [9.17, 15) is 4.79 Å². The van der Waals surface area contributed by atoms with Crippen molar-refractivity contribution in [2.75, 3.05) is 19.8 Å². The Bertz CT molecular complexity index is 3910. The minimum Gasteiger partial charge on any atom is -0.493 e. The standard InChI is InChI=1S/C91H100O5/c1-5-7-9-11-13-15-17-19-21-35-61-93-88-65-84(78-53-45-74(46-54-78)70-37-27-23-28-38-70)82(64-85(88)79-55-47-75(48-56-79)71-39-29-24-30-40-71)63-83(96-91(92)69(3)4)68-95-90-67-86(80-57-49-76(50-58-80)72-41-31-25-32-42-72)89(94-62-36-22-20-18-16-14-12-10-8-6-2)66-87(90)81-59-51-77(52-60-81)73-43-33-26-34-44-73/h23-34,37-60,64-67,83H,3,5-22,35-36,61-63,68H2,1-2,4H3. The first-order valence-electron chi connectivity index (χ1n) is 36.0. The summed E-state index contributed by atoms with van der Waals surface area (Å²) in [6.45, 7) is 11.6. The van der Waals surface area contributed by atoms with Gasteiger partial charge in [-0.25, -0.2) is 4.79 Å². The van der Waals surface area contributed by atoms with E-state index < -0.39 is 12.1 Å². The van der Waals surface area contributed by atoms with E-state index in [2.05, 4.69) is 257 Å². The fraction of sp³-hybridized carbons (Fsp3) is 0.308. The molecule has 10 aromatic rings. The van der Waals surface area contributed by atoms with Crippen LogP contribution in [0.3, 0.4) is 0 Å². The minimum atomic E-state index is -0.752. The van der Waals surface area contributed by atoms with Crippen LogP contribution in [0, 0.1) is 0 Å². The normalized spacial score (nSPS) is 11.5. The topological polar surface area (TPSA) is 54.0 Å².